The van der Waals surface area contributed by atoms with E-state index in [2.05, 4.69) is 50.5 Å². The van der Waals surface area contributed by atoms with E-state index in [0.29, 0.717) is 5.25 Å². The summed E-state index contributed by atoms with van der Waals surface area (Å²) in [6, 6.07) is 8.67. The van der Waals surface area contributed by atoms with Crippen LogP contribution < -0.4 is 11.3 Å². The summed E-state index contributed by atoms with van der Waals surface area (Å²) in [4.78, 5) is 0. The first-order valence-electron chi connectivity index (χ1n) is 5.82. The minimum Gasteiger partial charge on any atom is -0.271 e. The van der Waals surface area contributed by atoms with Crippen molar-refractivity contribution in [3.05, 3.63) is 35.4 Å². The maximum atomic E-state index is 5.64. The molecule has 0 aliphatic heterocycles. The van der Waals surface area contributed by atoms with E-state index in [-0.39, 0.29) is 6.04 Å². The van der Waals surface area contributed by atoms with Crippen LogP contribution in [0.25, 0.3) is 0 Å². The minimum atomic E-state index is 0.250. The number of aryl methyl sites for hydroxylation is 1. The first-order valence-corrected chi connectivity index (χ1v) is 6.87. The Morgan fingerprint density at radius 3 is 2.62 bits per heavy atom. The second-order valence-corrected chi connectivity index (χ2v) is 5.60. The van der Waals surface area contributed by atoms with E-state index in [1.54, 1.807) is 0 Å². The van der Waals surface area contributed by atoms with E-state index in [9.17, 15) is 0 Å². The molecule has 0 saturated heterocycles. The van der Waals surface area contributed by atoms with Gasteiger partial charge in [0.15, 0.2) is 0 Å². The summed E-state index contributed by atoms with van der Waals surface area (Å²) in [6.45, 7) is 6.61. The fraction of sp³-hybridized carbons (Fsp3) is 0.538. The quantitative estimate of drug-likeness (QED) is 0.591. The smallest absolute Gasteiger partial charge is 0.0553 e. The Hall–Kier alpha value is -0.510. The van der Waals surface area contributed by atoms with Gasteiger partial charge in [-0.25, -0.2) is 0 Å². The second kappa shape index (κ2) is 6.94. The van der Waals surface area contributed by atoms with Gasteiger partial charge < -0.3 is 0 Å². The van der Waals surface area contributed by atoms with Crippen LogP contribution in [0.1, 0.15) is 37.4 Å². The molecule has 0 fully saturated rings. The Bertz CT molecular complexity index is 315. The van der Waals surface area contributed by atoms with E-state index in [1.165, 1.54) is 17.5 Å². The molecule has 2 atom stereocenters. The molecule has 1 aromatic carbocycles. The molecule has 16 heavy (non-hydrogen) atoms. The molecule has 2 unspecified atom stereocenters. The van der Waals surface area contributed by atoms with Crippen LogP contribution in [0.3, 0.4) is 0 Å². The average molecular weight is 238 g/mol. The van der Waals surface area contributed by atoms with Crippen molar-refractivity contribution in [3.8, 4) is 0 Å². The fourth-order valence-electron chi connectivity index (χ4n) is 1.58. The van der Waals surface area contributed by atoms with Crippen LogP contribution in [0.5, 0.6) is 0 Å². The highest BCUT2D eigenvalue weighted by molar-refractivity contribution is 7.99. The molecule has 0 amide bonds. The number of hydrogen-bond donors (Lipinski definition) is 2. The molecule has 0 radical (unpaired) electrons. The number of hydrogen-bond acceptors (Lipinski definition) is 3. The maximum Gasteiger partial charge on any atom is 0.0553 e. The molecule has 0 spiro atoms. The standard InChI is InChI=1S/C13H22N2S/c1-4-11(3)16-9-13(15-14)12-8-6-5-7-10(12)2/h5-8,11,13,15H,4,9,14H2,1-3H3. The van der Waals surface area contributed by atoms with Crippen molar-refractivity contribution in [1.29, 1.82) is 0 Å². The third kappa shape index (κ3) is 3.81. The molecule has 0 aromatic heterocycles. The van der Waals surface area contributed by atoms with Crippen molar-refractivity contribution in [2.45, 2.75) is 38.5 Å². The predicted molar refractivity (Wildman–Crippen MR) is 73.5 cm³/mol. The summed E-state index contributed by atoms with van der Waals surface area (Å²) in [5, 5.41) is 0.694. The molecule has 1 aromatic rings. The molecule has 0 aliphatic carbocycles. The lowest BCUT2D eigenvalue weighted by Gasteiger charge is -2.19. The number of hydrazine groups is 1. The lowest BCUT2D eigenvalue weighted by atomic mass is 10.0. The number of rotatable bonds is 6. The Kier molecular flexibility index (Phi) is 5.88. The van der Waals surface area contributed by atoms with Crippen molar-refractivity contribution in [1.82, 2.24) is 5.43 Å². The van der Waals surface area contributed by atoms with Crippen LogP contribution in [0.15, 0.2) is 24.3 Å². The number of benzene rings is 1. The van der Waals surface area contributed by atoms with Gasteiger partial charge in [-0.1, -0.05) is 38.1 Å². The van der Waals surface area contributed by atoms with Gasteiger partial charge in [-0.15, -0.1) is 0 Å². The van der Waals surface area contributed by atoms with Gasteiger partial charge in [-0.3, -0.25) is 11.3 Å². The summed E-state index contributed by atoms with van der Waals surface area (Å²) in [6.07, 6.45) is 1.20. The Morgan fingerprint density at radius 2 is 2.06 bits per heavy atom. The molecule has 0 saturated carbocycles. The maximum absolute atomic E-state index is 5.64. The Labute approximate surface area is 103 Å². The first-order chi connectivity index (χ1) is 7.69. The average Bonchev–Trinajstić information content (AvgIpc) is 2.31. The first kappa shape index (κ1) is 13.6. The molecule has 3 heteroatoms. The van der Waals surface area contributed by atoms with Gasteiger partial charge in [-0.2, -0.15) is 11.8 Å². The van der Waals surface area contributed by atoms with Gasteiger partial charge in [0.1, 0.15) is 0 Å². The zero-order valence-electron chi connectivity index (χ0n) is 10.4. The van der Waals surface area contributed by atoms with Gasteiger partial charge in [0.05, 0.1) is 6.04 Å². The highest BCUT2D eigenvalue weighted by atomic mass is 32.2. The number of nitrogens with one attached hydrogen (secondary N) is 1. The molecule has 90 valence electrons. The van der Waals surface area contributed by atoms with Crippen molar-refractivity contribution in [2.75, 3.05) is 5.75 Å². The monoisotopic (exact) mass is 238 g/mol. The Morgan fingerprint density at radius 1 is 1.38 bits per heavy atom. The molecule has 3 N–H and O–H groups in total. The predicted octanol–water partition coefficient (Wildman–Crippen LogP) is 3.03. The van der Waals surface area contributed by atoms with Crippen molar-refractivity contribution in [2.24, 2.45) is 5.84 Å². The topological polar surface area (TPSA) is 38.0 Å². The third-order valence-corrected chi connectivity index (χ3v) is 4.32. The van der Waals surface area contributed by atoms with E-state index in [4.69, 9.17) is 5.84 Å². The zero-order valence-corrected chi connectivity index (χ0v) is 11.2. The minimum absolute atomic E-state index is 0.250. The number of nitrogens with two attached hydrogens (primary N) is 1. The van der Waals surface area contributed by atoms with Crippen LogP contribution in [-0.2, 0) is 0 Å². The number of thioether (sulfide) groups is 1. The van der Waals surface area contributed by atoms with Gasteiger partial charge in [0, 0.05) is 11.0 Å². The highest BCUT2D eigenvalue weighted by Gasteiger charge is 2.12. The second-order valence-electron chi connectivity index (χ2n) is 4.13. The third-order valence-electron chi connectivity index (χ3n) is 2.89. The molecule has 0 bridgehead atoms. The van der Waals surface area contributed by atoms with Crippen molar-refractivity contribution < 1.29 is 0 Å². The van der Waals surface area contributed by atoms with E-state index in [1.807, 2.05) is 11.8 Å². The SMILES string of the molecule is CCC(C)SCC(NN)c1ccccc1C. The van der Waals surface area contributed by atoms with Crippen molar-refractivity contribution >= 4 is 11.8 Å². The molecule has 1 rings (SSSR count). The van der Waals surface area contributed by atoms with Crippen LogP contribution >= 0.6 is 11.8 Å². The van der Waals surface area contributed by atoms with Gasteiger partial charge >= 0.3 is 0 Å². The Balaban J connectivity index is 2.64. The highest BCUT2D eigenvalue weighted by Crippen LogP contribution is 2.24. The van der Waals surface area contributed by atoms with Gasteiger partial charge in [0.2, 0.25) is 0 Å². The van der Waals surface area contributed by atoms with Crippen LogP contribution in [-0.4, -0.2) is 11.0 Å². The van der Waals surface area contributed by atoms with Crippen molar-refractivity contribution in [3.63, 3.8) is 0 Å². The van der Waals surface area contributed by atoms with Gasteiger partial charge in [-0.05, 0) is 24.5 Å². The summed E-state index contributed by atoms with van der Waals surface area (Å²) in [7, 11) is 0. The molecule has 0 heterocycles. The summed E-state index contributed by atoms with van der Waals surface area (Å²) in [5.74, 6) is 6.66. The summed E-state index contributed by atoms with van der Waals surface area (Å²) in [5.41, 5.74) is 5.53. The lowest BCUT2D eigenvalue weighted by molar-refractivity contribution is 0.606. The fourth-order valence-corrected chi connectivity index (χ4v) is 2.62. The molecular weight excluding hydrogens is 216 g/mol. The normalized spacial score (nSPS) is 14.8. The van der Waals surface area contributed by atoms with E-state index < -0.39 is 0 Å². The lowest BCUT2D eigenvalue weighted by Crippen LogP contribution is -2.30. The molecular formula is C13H22N2S. The molecule has 2 nitrogen and oxygen atoms in total. The summed E-state index contributed by atoms with van der Waals surface area (Å²) >= 11 is 1.97. The zero-order chi connectivity index (χ0) is 12.0. The van der Waals surface area contributed by atoms with E-state index in [0.717, 1.165) is 5.75 Å². The van der Waals surface area contributed by atoms with Crippen LogP contribution in [0.4, 0.5) is 0 Å². The van der Waals surface area contributed by atoms with E-state index >= 15 is 0 Å². The largest absolute Gasteiger partial charge is 0.271 e. The van der Waals surface area contributed by atoms with Gasteiger partial charge in [0.25, 0.3) is 0 Å². The van der Waals surface area contributed by atoms with Crippen LogP contribution in [0, 0.1) is 6.92 Å². The van der Waals surface area contributed by atoms with Crippen LogP contribution in [0.2, 0.25) is 0 Å². The molecule has 0 aliphatic rings. The summed E-state index contributed by atoms with van der Waals surface area (Å²) < 4.78 is 0.